The first-order valence-corrected chi connectivity index (χ1v) is 4.61. The van der Waals surface area contributed by atoms with Crippen LogP contribution in [-0.4, -0.2) is 20.8 Å². The summed E-state index contributed by atoms with van der Waals surface area (Å²) < 4.78 is 1.93. The summed E-state index contributed by atoms with van der Waals surface area (Å²) in [7, 11) is 0. The van der Waals surface area contributed by atoms with Gasteiger partial charge in [0, 0.05) is 18.7 Å². The van der Waals surface area contributed by atoms with E-state index in [0.717, 1.165) is 24.4 Å². The summed E-state index contributed by atoms with van der Waals surface area (Å²) >= 11 is 0. The third kappa shape index (κ3) is 2.76. The van der Waals surface area contributed by atoms with Gasteiger partial charge in [0.25, 0.3) is 0 Å². The topological polar surface area (TPSA) is 76.4 Å². The zero-order valence-electron chi connectivity index (χ0n) is 8.56. The lowest BCUT2D eigenvalue weighted by molar-refractivity contribution is 0.316. The van der Waals surface area contributed by atoms with Gasteiger partial charge in [-0.15, -0.1) is 0 Å². The van der Waals surface area contributed by atoms with Crippen LogP contribution in [0.15, 0.2) is 11.2 Å². The molecule has 0 atom stereocenters. The normalized spacial score (nSPS) is 12.0. The highest BCUT2D eigenvalue weighted by Gasteiger charge is 2.00. The minimum Gasteiger partial charge on any atom is -0.409 e. The van der Waals surface area contributed by atoms with Gasteiger partial charge in [0.2, 0.25) is 0 Å². The number of nitrogens with zero attached hydrogens (tertiary/aromatic N) is 3. The molecular formula is C9H16N4O. The van der Waals surface area contributed by atoms with Gasteiger partial charge in [0.1, 0.15) is 5.84 Å². The van der Waals surface area contributed by atoms with Crippen LogP contribution in [0, 0.1) is 13.8 Å². The molecule has 0 saturated heterocycles. The number of amidine groups is 1. The Morgan fingerprint density at radius 2 is 2.36 bits per heavy atom. The molecule has 0 saturated carbocycles. The number of aromatic nitrogens is 2. The van der Waals surface area contributed by atoms with Crippen LogP contribution in [0.1, 0.15) is 24.2 Å². The molecule has 0 aliphatic heterocycles. The number of aryl methyl sites for hydroxylation is 3. The molecule has 1 aromatic heterocycles. The second kappa shape index (κ2) is 4.64. The first-order valence-electron chi connectivity index (χ1n) is 4.61. The Morgan fingerprint density at radius 3 is 2.86 bits per heavy atom. The Balaban J connectivity index is 2.42. The second-order valence-electron chi connectivity index (χ2n) is 3.35. The Hall–Kier alpha value is -1.52. The predicted molar refractivity (Wildman–Crippen MR) is 54.3 cm³/mol. The van der Waals surface area contributed by atoms with E-state index in [1.54, 1.807) is 0 Å². The number of hydrogen-bond acceptors (Lipinski definition) is 3. The SMILES string of the molecule is Cc1cc(C)n(CCC/C(N)=N/O)n1. The van der Waals surface area contributed by atoms with Gasteiger partial charge in [-0.3, -0.25) is 4.68 Å². The molecule has 0 spiro atoms. The molecule has 0 unspecified atom stereocenters. The summed E-state index contributed by atoms with van der Waals surface area (Å²) in [4.78, 5) is 0. The van der Waals surface area contributed by atoms with Crippen LogP contribution in [0.4, 0.5) is 0 Å². The van der Waals surface area contributed by atoms with E-state index in [9.17, 15) is 0 Å². The number of nitrogens with two attached hydrogens (primary N) is 1. The van der Waals surface area contributed by atoms with E-state index in [1.807, 2.05) is 24.6 Å². The third-order valence-electron chi connectivity index (χ3n) is 2.03. The number of hydrogen-bond donors (Lipinski definition) is 2. The van der Waals surface area contributed by atoms with Crippen molar-refractivity contribution in [1.82, 2.24) is 9.78 Å². The van der Waals surface area contributed by atoms with Crippen molar-refractivity contribution in [2.24, 2.45) is 10.9 Å². The van der Waals surface area contributed by atoms with Crippen molar-refractivity contribution in [1.29, 1.82) is 0 Å². The van der Waals surface area contributed by atoms with E-state index >= 15 is 0 Å². The summed E-state index contributed by atoms with van der Waals surface area (Å²) in [6.07, 6.45) is 1.42. The number of rotatable bonds is 4. The average molecular weight is 196 g/mol. The molecule has 14 heavy (non-hydrogen) atoms. The van der Waals surface area contributed by atoms with E-state index < -0.39 is 0 Å². The van der Waals surface area contributed by atoms with Gasteiger partial charge in [-0.1, -0.05) is 5.16 Å². The van der Waals surface area contributed by atoms with Crippen molar-refractivity contribution >= 4 is 5.84 Å². The van der Waals surface area contributed by atoms with Crippen molar-refractivity contribution < 1.29 is 5.21 Å². The summed E-state index contributed by atoms with van der Waals surface area (Å²) in [6, 6.07) is 2.03. The molecule has 1 rings (SSSR count). The lowest BCUT2D eigenvalue weighted by Gasteiger charge is -2.03. The van der Waals surface area contributed by atoms with Gasteiger partial charge in [-0.05, 0) is 26.3 Å². The lowest BCUT2D eigenvalue weighted by atomic mass is 10.3. The van der Waals surface area contributed by atoms with Gasteiger partial charge in [0.05, 0.1) is 5.69 Å². The Morgan fingerprint density at radius 1 is 1.64 bits per heavy atom. The van der Waals surface area contributed by atoms with Crippen LogP contribution in [0.25, 0.3) is 0 Å². The molecule has 0 radical (unpaired) electrons. The molecule has 3 N–H and O–H groups in total. The third-order valence-corrected chi connectivity index (χ3v) is 2.03. The zero-order valence-corrected chi connectivity index (χ0v) is 8.56. The molecule has 0 aliphatic carbocycles. The maximum atomic E-state index is 8.33. The smallest absolute Gasteiger partial charge is 0.139 e. The minimum absolute atomic E-state index is 0.270. The fourth-order valence-electron chi connectivity index (χ4n) is 1.36. The molecule has 5 heteroatoms. The molecule has 0 aromatic carbocycles. The van der Waals surface area contributed by atoms with Crippen LogP contribution >= 0.6 is 0 Å². The summed E-state index contributed by atoms with van der Waals surface area (Å²) in [6.45, 7) is 4.78. The highest BCUT2D eigenvalue weighted by atomic mass is 16.4. The quantitative estimate of drug-likeness (QED) is 0.327. The molecular weight excluding hydrogens is 180 g/mol. The van der Waals surface area contributed by atoms with E-state index in [0.29, 0.717) is 6.42 Å². The molecule has 5 nitrogen and oxygen atoms in total. The Bertz CT molecular complexity index is 330. The van der Waals surface area contributed by atoms with Gasteiger partial charge in [-0.2, -0.15) is 5.10 Å². The molecule has 0 bridgehead atoms. The van der Waals surface area contributed by atoms with Crippen molar-refractivity contribution in [3.63, 3.8) is 0 Å². The van der Waals surface area contributed by atoms with Crippen LogP contribution in [0.2, 0.25) is 0 Å². The van der Waals surface area contributed by atoms with Gasteiger partial charge >= 0.3 is 0 Å². The van der Waals surface area contributed by atoms with Crippen molar-refractivity contribution in [3.05, 3.63) is 17.5 Å². The molecule has 0 amide bonds. The van der Waals surface area contributed by atoms with E-state index in [2.05, 4.69) is 10.3 Å². The largest absolute Gasteiger partial charge is 0.409 e. The van der Waals surface area contributed by atoms with E-state index in [4.69, 9.17) is 10.9 Å². The predicted octanol–water partition coefficient (Wildman–Crippen LogP) is 1.03. The zero-order chi connectivity index (χ0) is 10.6. The van der Waals surface area contributed by atoms with Crippen molar-refractivity contribution in [2.45, 2.75) is 33.2 Å². The maximum Gasteiger partial charge on any atom is 0.139 e. The van der Waals surface area contributed by atoms with Crippen LogP contribution in [-0.2, 0) is 6.54 Å². The van der Waals surface area contributed by atoms with Gasteiger partial charge in [0.15, 0.2) is 0 Å². The highest BCUT2D eigenvalue weighted by Crippen LogP contribution is 2.03. The molecule has 0 aliphatic rings. The standard InChI is InChI=1S/C9H16N4O/c1-7-6-8(2)13(11-7)5-3-4-9(10)12-14/h6,14H,3-5H2,1-2H3,(H2,10,12). The average Bonchev–Trinajstić information content (AvgIpc) is 2.45. The molecule has 78 valence electrons. The monoisotopic (exact) mass is 196 g/mol. The summed E-state index contributed by atoms with van der Waals surface area (Å²) in [5.41, 5.74) is 7.51. The van der Waals surface area contributed by atoms with Crippen LogP contribution < -0.4 is 5.73 Å². The molecule has 0 fully saturated rings. The molecule has 1 aromatic rings. The first-order chi connectivity index (χ1) is 6.63. The van der Waals surface area contributed by atoms with Crippen molar-refractivity contribution in [3.8, 4) is 0 Å². The van der Waals surface area contributed by atoms with E-state index in [1.165, 1.54) is 0 Å². The lowest BCUT2D eigenvalue weighted by Crippen LogP contribution is -2.13. The second-order valence-corrected chi connectivity index (χ2v) is 3.35. The fourth-order valence-corrected chi connectivity index (χ4v) is 1.36. The summed E-state index contributed by atoms with van der Waals surface area (Å²) in [5, 5.41) is 15.5. The first kappa shape index (κ1) is 10.6. The summed E-state index contributed by atoms with van der Waals surface area (Å²) in [5.74, 6) is 0.270. The Labute approximate surface area is 83.2 Å². The molecule has 1 heterocycles. The number of oxime groups is 1. The van der Waals surface area contributed by atoms with Crippen LogP contribution in [0.5, 0.6) is 0 Å². The van der Waals surface area contributed by atoms with Crippen LogP contribution in [0.3, 0.4) is 0 Å². The fraction of sp³-hybridized carbons (Fsp3) is 0.556. The highest BCUT2D eigenvalue weighted by molar-refractivity contribution is 5.79. The van der Waals surface area contributed by atoms with E-state index in [-0.39, 0.29) is 5.84 Å². The minimum atomic E-state index is 0.270. The van der Waals surface area contributed by atoms with Gasteiger partial charge < -0.3 is 10.9 Å². The van der Waals surface area contributed by atoms with Gasteiger partial charge in [-0.25, -0.2) is 0 Å². The Kier molecular flexibility index (Phi) is 3.50. The maximum absolute atomic E-state index is 8.33. The van der Waals surface area contributed by atoms with Crippen molar-refractivity contribution in [2.75, 3.05) is 0 Å².